The van der Waals surface area contributed by atoms with Crippen LogP contribution in [-0.2, 0) is 9.53 Å². The standard InChI is InChI=1S/C11H14N2O3/c1-2-16-10(14)6-9(12)11(15)8-4-3-5-13-7-8/h3-5,7,9H,2,6,12H2,1H3. The molecule has 0 spiro atoms. The number of esters is 1. The van der Waals surface area contributed by atoms with Gasteiger partial charge in [-0.15, -0.1) is 0 Å². The molecule has 1 rings (SSSR count). The molecule has 0 saturated carbocycles. The molecule has 0 aliphatic heterocycles. The highest BCUT2D eigenvalue weighted by Crippen LogP contribution is 2.03. The summed E-state index contributed by atoms with van der Waals surface area (Å²) in [5.41, 5.74) is 6.00. The summed E-state index contributed by atoms with van der Waals surface area (Å²) >= 11 is 0. The molecule has 86 valence electrons. The van der Waals surface area contributed by atoms with E-state index in [4.69, 9.17) is 10.5 Å². The minimum absolute atomic E-state index is 0.110. The number of pyridine rings is 1. The molecule has 0 aliphatic rings. The Morgan fingerprint density at radius 2 is 2.31 bits per heavy atom. The zero-order valence-corrected chi connectivity index (χ0v) is 9.05. The molecule has 1 heterocycles. The van der Waals surface area contributed by atoms with Crippen LogP contribution in [0, 0.1) is 0 Å². The van der Waals surface area contributed by atoms with Crippen LogP contribution in [0.25, 0.3) is 0 Å². The van der Waals surface area contributed by atoms with Crippen molar-refractivity contribution in [2.24, 2.45) is 5.73 Å². The van der Waals surface area contributed by atoms with Gasteiger partial charge in [0.25, 0.3) is 0 Å². The minimum Gasteiger partial charge on any atom is -0.466 e. The van der Waals surface area contributed by atoms with Gasteiger partial charge in [0.05, 0.1) is 19.1 Å². The van der Waals surface area contributed by atoms with Crippen LogP contribution in [0.4, 0.5) is 0 Å². The first-order valence-corrected chi connectivity index (χ1v) is 5.00. The third-order valence-electron chi connectivity index (χ3n) is 1.97. The Morgan fingerprint density at radius 1 is 1.56 bits per heavy atom. The molecule has 2 N–H and O–H groups in total. The molecular weight excluding hydrogens is 208 g/mol. The monoisotopic (exact) mass is 222 g/mol. The van der Waals surface area contributed by atoms with Gasteiger partial charge in [-0.3, -0.25) is 14.6 Å². The summed E-state index contributed by atoms with van der Waals surface area (Å²) in [6, 6.07) is 2.38. The summed E-state index contributed by atoms with van der Waals surface area (Å²) in [4.78, 5) is 26.6. The van der Waals surface area contributed by atoms with E-state index < -0.39 is 12.0 Å². The second-order valence-electron chi connectivity index (χ2n) is 3.22. The van der Waals surface area contributed by atoms with E-state index in [1.165, 1.54) is 6.20 Å². The van der Waals surface area contributed by atoms with Crippen LogP contribution in [-0.4, -0.2) is 29.4 Å². The number of carbonyl (C=O) groups excluding carboxylic acids is 2. The Bertz CT molecular complexity index is 365. The van der Waals surface area contributed by atoms with Crippen LogP contribution >= 0.6 is 0 Å². The molecule has 1 unspecified atom stereocenters. The van der Waals surface area contributed by atoms with E-state index in [9.17, 15) is 9.59 Å². The average molecular weight is 222 g/mol. The van der Waals surface area contributed by atoms with Gasteiger partial charge in [0.15, 0.2) is 5.78 Å². The number of hydrogen-bond acceptors (Lipinski definition) is 5. The first-order chi connectivity index (χ1) is 7.65. The molecule has 0 saturated heterocycles. The number of Topliss-reactive ketones (excluding diaryl/α,β-unsaturated/α-hetero) is 1. The molecular formula is C11H14N2O3. The Morgan fingerprint density at radius 3 is 2.88 bits per heavy atom. The van der Waals surface area contributed by atoms with Gasteiger partial charge in [0.2, 0.25) is 0 Å². The Kier molecular flexibility index (Phi) is 4.60. The van der Waals surface area contributed by atoms with Crippen molar-refractivity contribution in [3.63, 3.8) is 0 Å². The number of ketones is 1. The molecule has 0 amide bonds. The van der Waals surface area contributed by atoms with Gasteiger partial charge >= 0.3 is 5.97 Å². The molecule has 1 aromatic heterocycles. The maximum atomic E-state index is 11.7. The molecule has 0 aliphatic carbocycles. The molecule has 5 nitrogen and oxygen atoms in total. The smallest absolute Gasteiger partial charge is 0.307 e. The van der Waals surface area contributed by atoms with Gasteiger partial charge < -0.3 is 10.5 Å². The fourth-order valence-electron chi connectivity index (χ4n) is 1.21. The number of carbonyl (C=O) groups is 2. The lowest BCUT2D eigenvalue weighted by Crippen LogP contribution is -2.33. The summed E-state index contributed by atoms with van der Waals surface area (Å²) in [7, 11) is 0. The summed E-state index contributed by atoms with van der Waals surface area (Å²) < 4.78 is 4.71. The van der Waals surface area contributed by atoms with Crippen LogP contribution in [0.3, 0.4) is 0 Å². The van der Waals surface area contributed by atoms with E-state index in [1.807, 2.05) is 0 Å². The van der Waals surface area contributed by atoms with Gasteiger partial charge in [-0.05, 0) is 19.1 Å². The maximum absolute atomic E-state index is 11.7. The van der Waals surface area contributed by atoms with Crippen LogP contribution in [0.5, 0.6) is 0 Å². The Balaban J connectivity index is 2.58. The highest BCUT2D eigenvalue weighted by atomic mass is 16.5. The SMILES string of the molecule is CCOC(=O)CC(N)C(=O)c1cccnc1. The van der Waals surface area contributed by atoms with Gasteiger partial charge in [-0.25, -0.2) is 0 Å². The molecule has 1 atom stereocenters. The zero-order chi connectivity index (χ0) is 12.0. The summed E-state index contributed by atoms with van der Waals surface area (Å²) in [6.07, 6.45) is 2.88. The van der Waals surface area contributed by atoms with Gasteiger partial charge in [0.1, 0.15) is 0 Å². The Labute approximate surface area is 93.6 Å². The lowest BCUT2D eigenvalue weighted by atomic mass is 10.0. The van der Waals surface area contributed by atoms with Crippen molar-refractivity contribution in [3.05, 3.63) is 30.1 Å². The van der Waals surface area contributed by atoms with Gasteiger partial charge in [0, 0.05) is 18.0 Å². The summed E-state index contributed by atoms with van der Waals surface area (Å²) in [5, 5.41) is 0. The predicted molar refractivity (Wildman–Crippen MR) is 57.8 cm³/mol. The van der Waals surface area contributed by atoms with E-state index in [-0.39, 0.29) is 18.8 Å². The number of nitrogens with two attached hydrogens (primary N) is 1. The third kappa shape index (κ3) is 3.43. The Hall–Kier alpha value is -1.75. The maximum Gasteiger partial charge on any atom is 0.307 e. The number of rotatable bonds is 5. The fourth-order valence-corrected chi connectivity index (χ4v) is 1.21. The lowest BCUT2D eigenvalue weighted by Gasteiger charge is -2.09. The number of ether oxygens (including phenoxy) is 1. The highest BCUT2D eigenvalue weighted by Gasteiger charge is 2.19. The summed E-state index contributed by atoms with van der Waals surface area (Å²) in [6.45, 7) is 1.99. The summed E-state index contributed by atoms with van der Waals surface area (Å²) in [5.74, 6) is -0.770. The first-order valence-electron chi connectivity index (χ1n) is 5.00. The second kappa shape index (κ2) is 5.97. The topological polar surface area (TPSA) is 82.3 Å². The number of hydrogen-bond donors (Lipinski definition) is 1. The fraction of sp³-hybridized carbons (Fsp3) is 0.364. The largest absolute Gasteiger partial charge is 0.466 e. The lowest BCUT2D eigenvalue weighted by molar-refractivity contribution is -0.143. The van der Waals surface area contributed by atoms with E-state index in [0.717, 1.165) is 0 Å². The van der Waals surface area contributed by atoms with E-state index >= 15 is 0 Å². The molecule has 16 heavy (non-hydrogen) atoms. The molecule has 0 bridgehead atoms. The molecule has 1 aromatic rings. The van der Waals surface area contributed by atoms with Crippen molar-refractivity contribution in [2.45, 2.75) is 19.4 Å². The number of aromatic nitrogens is 1. The van der Waals surface area contributed by atoms with Crippen molar-refractivity contribution in [3.8, 4) is 0 Å². The van der Waals surface area contributed by atoms with Crippen molar-refractivity contribution < 1.29 is 14.3 Å². The van der Waals surface area contributed by atoms with Crippen LogP contribution < -0.4 is 5.73 Å². The number of nitrogens with zero attached hydrogens (tertiary/aromatic N) is 1. The van der Waals surface area contributed by atoms with E-state index in [1.54, 1.807) is 25.3 Å². The van der Waals surface area contributed by atoms with Crippen LogP contribution in [0.15, 0.2) is 24.5 Å². The van der Waals surface area contributed by atoms with Crippen LogP contribution in [0.2, 0.25) is 0 Å². The van der Waals surface area contributed by atoms with Crippen molar-refractivity contribution >= 4 is 11.8 Å². The van der Waals surface area contributed by atoms with Gasteiger partial charge in [-0.2, -0.15) is 0 Å². The van der Waals surface area contributed by atoms with Crippen molar-refractivity contribution in [1.82, 2.24) is 4.98 Å². The predicted octanol–water partition coefficient (Wildman–Crippen LogP) is 0.545. The average Bonchev–Trinajstić information content (AvgIpc) is 2.29. The molecule has 0 radical (unpaired) electrons. The zero-order valence-electron chi connectivity index (χ0n) is 9.05. The van der Waals surface area contributed by atoms with Crippen molar-refractivity contribution in [1.29, 1.82) is 0 Å². The highest BCUT2D eigenvalue weighted by molar-refractivity contribution is 6.01. The quantitative estimate of drug-likeness (QED) is 0.581. The first kappa shape index (κ1) is 12.3. The molecule has 0 aromatic carbocycles. The van der Waals surface area contributed by atoms with Crippen molar-refractivity contribution in [2.75, 3.05) is 6.61 Å². The second-order valence-corrected chi connectivity index (χ2v) is 3.22. The minimum atomic E-state index is -0.872. The van der Waals surface area contributed by atoms with E-state index in [2.05, 4.69) is 4.98 Å². The van der Waals surface area contributed by atoms with Crippen LogP contribution in [0.1, 0.15) is 23.7 Å². The normalized spacial score (nSPS) is 11.9. The molecule has 0 fully saturated rings. The molecule has 5 heteroatoms. The van der Waals surface area contributed by atoms with E-state index in [0.29, 0.717) is 5.56 Å². The third-order valence-corrected chi connectivity index (χ3v) is 1.97. The van der Waals surface area contributed by atoms with Gasteiger partial charge in [-0.1, -0.05) is 0 Å².